The van der Waals surface area contributed by atoms with Gasteiger partial charge in [-0.2, -0.15) is 0 Å². The lowest BCUT2D eigenvalue weighted by Crippen LogP contribution is -2.63. The van der Waals surface area contributed by atoms with Crippen molar-refractivity contribution in [3.8, 4) is 5.75 Å². The normalized spacial score (nSPS) is 30.4. The number of nitrogens with zero attached hydrogens (tertiary/aromatic N) is 1. The number of para-hydroxylation sites is 1. The maximum Gasteiger partial charge on any atom is 0.317 e. The second-order valence-electron chi connectivity index (χ2n) is 4.96. The topological polar surface area (TPSA) is 59.9 Å². The molecule has 1 N–H and O–H groups in total. The van der Waals surface area contributed by atoms with Crippen molar-refractivity contribution in [2.75, 3.05) is 13.4 Å². The summed E-state index contributed by atoms with van der Waals surface area (Å²) in [6.07, 6.45) is 1.94. The molecule has 2 bridgehead atoms. The first-order valence-electron chi connectivity index (χ1n) is 6.35. The second kappa shape index (κ2) is 4.70. The Balaban J connectivity index is 2.16. The molecule has 0 fully saturated rings. The minimum atomic E-state index is -0.841. The minimum absolute atomic E-state index is 0.277. The van der Waals surface area contributed by atoms with Crippen LogP contribution in [0.4, 0.5) is 0 Å². The molecule has 6 heteroatoms. The number of carbonyl (C=O) groups excluding carboxylic acids is 1. The number of esters is 1. The number of rotatable bonds is 1. The number of amidine groups is 1. The fourth-order valence-electron chi connectivity index (χ4n) is 2.79. The van der Waals surface area contributed by atoms with Crippen LogP contribution in [0.5, 0.6) is 5.75 Å². The molecule has 5 nitrogen and oxygen atoms in total. The van der Waals surface area contributed by atoms with Gasteiger partial charge < -0.3 is 14.8 Å². The molecule has 3 rings (SSSR count). The summed E-state index contributed by atoms with van der Waals surface area (Å²) >= 11 is 1.50. The first-order valence-corrected chi connectivity index (χ1v) is 7.57. The minimum Gasteiger partial charge on any atom is -0.469 e. The van der Waals surface area contributed by atoms with Gasteiger partial charge in [-0.1, -0.05) is 30.0 Å². The van der Waals surface area contributed by atoms with Crippen molar-refractivity contribution < 1.29 is 14.3 Å². The van der Waals surface area contributed by atoms with E-state index in [0.717, 1.165) is 16.5 Å². The highest BCUT2D eigenvalue weighted by molar-refractivity contribution is 8.13. The zero-order valence-electron chi connectivity index (χ0n) is 11.5. The third kappa shape index (κ3) is 1.86. The lowest BCUT2D eigenvalue weighted by atomic mass is 9.81. The molecule has 0 aliphatic carbocycles. The molecule has 0 saturated heterocycles. The van der Waals surface area contributed by atoms with Crippen LogP contribution in [0.15, 0.2) is 29.3 Å². The lowest BCUT2D eigenvalue weighted by molar-refractivity contribution is -0.158. The molecule has 0 radical (unpaired) electrons. The third-order valence-corrected chi connectivity index (χ3v) is 4.32. The zero-order valence-corrected chi connectivity index (χ0v) is 12.4. The van der Waals surface area contributed by atoms with E-state index < -0.39 is 11.6 Å². The largest absolute Gasteiger partial charge is 0.469 e. The van der Waals surface area contributed by atoms with Gasteiger partial charge >= 0.3 is 5.97 Å². The van der Waals surface area contributed by atoms with E-state index in [2.05, 4.69) is 10.3 Å². The molecule has 20 heavy (non-hydrogen) atoms. The molecule has 0 amide bonds. The summed E-state index contributed by atoms with van der Waals surface area (Å²) in [5, 5.41) is 3.98. The number of ether oxygens (including phenoxy) is 2. The number of hydrogen-bond acceptors (Lipinski definition) is 6. The average Bonchev–Trinajstić information content (AvgIpc) is 2.44. The molecule has 2 aliphatic heterocycles. The molecule has 0 saturated carbocycles. The first kappa shape index (κ1) is 13.3. The fourth-order valence-corrected chi connectivity index (χ4v) is 3.32. The lowest BCUT2D eigenvalue weighted by Gasteiger charge is -2.47. The number of methoxy groups -OCH3 is 1. The van der Waals surface area contributed by atoms with E-state index in [4.69, 9.17) is 9.47 Å². The summed E-state index contributed by atoms with van der Waals surface area (Å²) < 4.78 is 11.0. The van der Waals surface area contributed by atoms with E-state index in [1.54, 1.807) is 0 Å². The number of benzene rings is 1. The van der Waals surface area contributed by atoms with Gasteiger partial charge in [-0.15, -0.1) is 0 Å². The summed E-state index contributed by atoms with van der Waals surface area (Å²) in [5.41, 5.74) is 0.0834. The Morgan fingerprint density at radius 3 is 2.95 bits per heavy atom. The maximum atomic E-state index is 12.2. The summed E-state index contributed by atoms with van der Waals surface area (Å²) in [7, 11) is 1.39. The number of fused-ring (bicyclic) bond motifs is 4. The van der Waals surface area contributed by atoms with E-state index in [1.165, 1.54) is 18.9 Å². The summed E-state index contributed by atoms with van der Waals surface area (Å²) in [4.78, 5) is 16.8. The second-order valence-corrected chi connectivity index (χ2v) is 5.75. The Bertz CT molecular complexity index is 590. The standard InChI is InChI=1S/C14H16N2O3S/c1-14-10(12(17)18-2)11(15-13(16-14)20-3)8-6-4-5-7-9(8)19-14/h4-7,10-11H,1-3H3,(H,15,16)/t10-,11-,14+/m1/s1. The molecule has 2 heterocycles. The summed E-state index contributed by atoms with van der Waals surface area (Å²) in [5.74, 6) is -0.0572. The number of aliphatic imine (C=N–C) groups is 1. The van der Waals surface area contributed by atoms with Crippen molar-refractivity contribution in [1.82, 2.24) is 5.32 Å². The van der Waals surface area contributed by atoms with Gasteiger partial charge in [-0.25, -0.2) is 0 Å². The van der Waals surface area contributed by atoms with E-state index in [0.29, 0.717) is 0 Å². The van der Waals surface area contributed by atoms with Gasteiger partial charge in [0.25, 0.3) is 0 Å². The van der Waals surface area contributed by atoms with Crippen LogP contribution in [-0.4, -0.2) is 30.2 Å². The van der Waals surface area contributed by atoms with Gasteiger partial charge in [0.2, 0.25) is 0 Å². The SMILES string of the molecule is COC(=O)[C@H]1[C@@H]2N=C(SC)N[C@@]1(C)Oc1ccccc12. The van der Waals surface area contributed by atoms with Crippen molar-refractivity contribution in [1.29, 1.82) is 0 Å². The Labute approximate surface area is 121 Å². The van der Waals surface area contributed by atoms with Crippen LogP contribution < -0.4 is 10.1 Å². The summed E-state index contributed by atoms with van der Waals surface area (Å²) in [6.45, 7) is 1.86. The zero-order chi connectivity index (χ0) is 14.3. The number of thioether (sulfide) groups is 1. The molecule has 2 aliphatic rings. The highest BCUT2D eigenvalue weighted by Gasteiger charge is 2.54. The van der Waals surface area contributed by atoms with Crippen molar-refractivity contribution in [3.63, 3.8) is 0 Å². The van der Waals surface area contributed by atoms with Crippen LogP contribution >= 0.6 is 11.8 Å². The van der Waals surface area contributed by atoms with E-state index in [9.17, 15) is 4.79 Å². The molecular weight excluding hydrogens is 276 g/mol. The van der Waals surface area contributed by atoms with Crippen molar-refractivity contribution in [2.45, 2.75) is 18.7 Å². The number of carbonyl (C=O) groups is 1. The molecule has 0 unspecified atom stereocenters. The van der Waals surface area contributed by atoms with Crippen LogP contribution in [0.3, 0.4) is 0 Å². The number of hydrogen-bond donors (Lipinski definition) is 1. The van der Waals surface area contributed by atoms with Crippen LogP contribution in [0.2, 0.25) is 0 Å². The van der Waals surface area contributed by atoms with Crippen molar-refractivity contribution in [2.24, 2.45) is 10.9 Å². The first-order chi connectivity index (χ1) is 9.59. The molecule has 0 aromatic heterocycles. The highest BCUT2D eigenvalue weighted by atomic mass is 32.2. The quantitative estimate of drug-likeness (QED) is 0.802. The molecule has 106 valence electrons. The van der Waals surface area contributed by atoms with Gasteiger partial charge in [0.15, 0.2) is 10.9 Å². The Kier molecular flexibility index (Phi) is 3.12. The van der Waals surface area contributed by atoms with Gasteiger partial charge in [0.05, 0.1) is 7.11 Å². The van der Waals surface area contributed by atoms with E-state index in [1.807, 2.05) is 37.4 Å². The molecule has 0 spiro atoms. The van der Waals surface area contributed by atoms with Gasteiger partial charge in [0, 0.05) is 5.56 Å². The molecular formula is C14H16N2O3S. The van der Waals surface area contributed by atoms with Gasteiger partial charge in [-0.05, 0) is 19.2 Å². The van der Waals surface area contributed by atoms with Crippen LogP contribution in [-0.2, 0) is 9.53 Å². The van der Waals surface area contributed by atoms with Gasteiger partial charge in [0.1, 0.15) is 17.7 Å². The van der Waals surface area contributed by atoms with E-state index in [-0.39, 0.29) is 12.0 Å². The Morgan fingerprint density at radius 2 is 2.25 bits per heavy atom. The van der Waals surface area contributed by atoms with Crippen LogP contribution in [0.1, 0.15) is 18.5 Å². The number of nitrogens with one attached hydrogen (secondary N) is 1. The highest BCUT2D eigenvalue weighted by Crippen LogP contribution is 2.47. The maximum absolute atomic E-state index is 12.2. The van der Waals surface area contributed by atoms with Crippen molar-refractivity contribution >= 4 is 22.9 Å². The predicted octanol–water partition coefficient (Wildman–Crippen LogP) is 1.95. The summed E-state index contributed by atoms with van der Waals surface area (Å²) in [6, 6.07) is 7.41. The van der Waals surface area contributed by atoms with Crippen LogP contribution in [0, 0.1) is 5.92 Å². The third-order valence-electron chi connectivity index (χ3n) is 3.73. The predicted molar refractivity (Wildman–Crippen MR) is 77.8 cm³/mol. The average molecular weight is 292 g/mol. The fraction of sp³-hybridized carbons (Fsp3) is 0.429. The van der Waals surface area contributed by atoms with Gasteiger partial charge in [-0.3, -0.25) is 9.79 Å². The molecule has 1 aromatic carbocycles. The van der Waals surface area contributed by atoms with E-state index >= 15 is 0 Å². The van der Waals surface area contributed by atoms with Crippen molar-refractivity contribution in [3.05, 3.63) is 29.8 Å². The van der Waals surface area contributed by atoms with Crippen LogP contribution in [0.25, 0.3) is 0 Å². The molecule has 3 atom stereocenters. The monoisotopic (exact) mass is 292 g/mol. The Hall–Kier alpha value is -1.69. The Morgan fingerprint density at radius 1 is 1.50 bits per heavy atom. The smallest absolute Gasteiger partial charge is 0.317 e. The molecule has 1 aromatic rings.